The van der Waals surface area contributed by atoms with Gasteiger partial charge < -0.3 is 19.9 Å². The van der Waals surface area contributed by atoms with E-state index in [1.807, 2.05) is 19.9 Å². The summed E-state index contributed by atoms with van der Waals surface area (Å²) >= 11 is 0. The molecule has 0 saturated carbocycles. The fourth-order valence-electron chi connectivity index (χ4n) is 3.14. The summed E-state index contributed by atoms with van der Waals surface area (Å²) in [5, 5.41) is 27.6. The Morgan fingerprint density at radius 3 is 1.83 bits per heavy atom. The molecule has 0 aliphatic carbocycles. The lowest BCUT2D eigenvalue weighted by Gasteiger charge is -2.12. The second-order valence-corrected chi connectivity index (χ2v) is 6.65. The Morgan fingerprint density at radius 1 is 0.800 bits per heavy atom. The summed E-state index contributed by atoms with van der Waals surface area (Å²) in [5.74, 6) is -3.44. The highest BCUT2D eigenvalue weighted by Gasteiger charge is 2.16. The van der Waals surface area contributed by atoms with Crippen molar-refractivity contribution in [2.75, 3.05) is 0 Å². The largest absolute Gasteiger partial charge is 0.478 e. The smallest absolute Gasteiger partial charge is 0.335 e. The minimum Gasteiger partial charge on any atom is -0.478 e. The SMILES string of the molecule is Cc1cc(C=Nc2ccc(C(=O)O)cc2)c(C)n1-c1cc(C(=O)O)cc(C(=O)O)c1. The van der Waals surface area contributed by atoms with E-state index in [9.17, 15) is 24.6 Å². The van der Waals surface area contributed by atoms with Crippen LogP contribution in [0.25, 0.3) is 5.69 Å². The van der Waals surface area contributed by atoms with Crippen molar-refractivity contribution in [1.29, 1.82) is 0 Å². The Balaban J connectivity index is 2.01. The molecule has 8 nitrogen and oxygen atoms in total. The molecule has 0 aliphatic rings. The number of carboxylic acid groups (broad SMARTS) is 3. The van der Waals surface area contributed by atoms with Crippen LogP contribution >= 0.6 is 0 Å². The van der Waals surface area contributed by atoms with E-state index in [1.165, 1.54) is 24.3 Å². The van der Waals surface area contributed by atoms with Gasteiger partial charge in [0.2, 0.25) is 0 Å². The van der Waals surface area contributed by atoms with E-state index in [-0.39, 0.29) is 16.7 Å². The number of aromatic nitrogens is 1. The number of nitrogens with zero attached hydrogens (tertiary/aromatic N) is 2. The lowest BCUT2D eigenvalue weighted by molar-refractivity contribution is 0.0682. The van der Waals surface area contributed by atoms with Crippen LogP contribution in [0.3, 0.4) is 0 Å². The molecule has 3 aromatic rings. The first kappa shape index (κ1) is 20.5. The van der Waals surface area contributed by atoms with Crippen molar-refractivity contribution in [1.82, 2.24) is 4.57 Å². The van der Waals surface area contributed by atoms with Gasteiger partial charge in [0.25, 0.3) is 0 Å². The maximum absolute atomic E-state index is 11.4. The zero-order valence-corrected chi connectivity index (χ0v) is 16.2. The van der Waals surface area contributed by atoms with Crippen molar-refractivity contribution in [3.05, 3.63) is 82.2 Å². The monoisotopic (exact) mass is 406 g/mol. The van der Waals surface area contributed by atoms with Crippen molar-refractivity contribution in [3.8, 4) is 5.69 Å². The highest BCUT2D eigenvalue weighted by molar-refractivity contribution is 5.95. The molecule has 152 valence electrons. The molecule has 1 aromatic heterocycles. The van der Waals surface area contributed by atoms with Gasteiger partial charge in [-0.15, -0.1) is 0 Å². The Morgan fingerprint density at radius 2 is 1.33 bits per heavy atom. The lowest BCUT2D eigenvalue weighted by Crippen LogP contribution is -2.07. The van der Waals surface area contributed by atoms with Crippen LogP contribution < -0.4 is 0 Å². The minimum atomic E-state index is -1.21. The first-order valence-corrected chi connectivity index (χ1v) is 8.86. The highest BCUT2D eigenvalue weighted by atomic mass is 16.4. The average Bonchev–Trinajstić information content (AvgIpc) is 2.99. The van der Waals surface area contributed by atoms with Crippen LogP contribution in [0.15, 0.2) is 53.5 Å². The zero-order valence-electron chi connectivity index (χ0n) is 16.2. The molecule has 3 rings (SSSR count). The molecule has 0 saturated heterocycles. The summed E-state index contributed by atoms with van der Waals surface area (Å²) in [7, 11) is 0. The molecule has 3 N–H and O–H groups in total. The van der Waals surface area contributed by atoms with E-state index in [0.29, 0.717) is 11.4 Å². The van der Waals surface area contributed by atoms with Gasteiger partial charge in [-0.1, -0.05) is 0 Å². The van der Waals surface area contributed by atoms with E-state index in [0.717, 1.165) is 23.0 Å². The molecule has 0 unspecified atom stereocenters. The van der Waals surface area contributed by atoms with Crippen molar-refractivity contribution in [3.63, 3.8) is 0 Å². The van der Waals surface area contributed by atoms with Gasteiger partial charge in [0.15, 0.2) is 0 Å². The maximum Gasteiger partial charge on any atom is 0.335 e. The van der Waals surface area contributed by atoms with Gasteiger partial charge in [0.1, 0.15) is 0 Å². The molecule has 0 fully saturated rings. The summed E-state index contributed by atoms with van der Waals surface area (Å²) in [6.07, 6.45) is 1.62. The lowest BCUT2D eigenvalue weighted by atomic mass is 10.1. The number of benzene rings is 2. The van der Waals surface area contributed by atoms with Crippen LogP contribution in [0.1, 0.15) is 48.0 Å². The van der Waals surface area contributed by atoms with E-state index in [1.54, 1.807) is 22.9 Å². The van der Waals surface area contributed by atoms with Gasteiger partial charge in [-0.05, 0) is 62.4 Å². The van der Waals surface area contributed by atoms with Crippen LogP contribution in [0.2, 0.25) is 0 Å². The van der Waals surface area contributed by atoms with Gasteiger partial charge in [0.05, 0.1) is 22.4 Å². The third-order valence-electron chi connectivity index (χ3n) is 4.61. The van der Waals surface area contributed by atoms with Crippen molar-refractivity contribution < 1.29 is 29.7 Å². The number of hydrogen-bond donors (Lipinski definition) is 3. The summed E-state index contributed by atoms with van der Waals surface area (Å²) < 4.78 is 1.76. The number of carboxylic acids is 3. The van der Waals surface area contributed by atoms with Crippen LogP contribution in [-0.2, 0) is 0 Å². The maximum atomic E-state index is 11.4. The van der Waals surface area contributed by atoms with Gasteiger partial charge >= 0.3 is 17.9 Å². The van der Waals surface area contributed by atoms with Crippen LogP contribution in [0.5, 0.6) is 0 Å². The van der Waals surface area contributed by atoms with Crippen molar-refractivity contribution >= 4 is 29.8 Å². The molecule has 0 bridgehead atoms. The quantitative estimate of drug-likeness (QED) is 0.532. The van der Waals surface area contributed by atoms with E-state index < -0.39 is 17.9 Å². The molecule has 0 amide bonds. The molecule has 2 aromatic carbocycles. The number of aromatic carboxylic acids is 3. The van der Waals surface area contributed by atoms with E-state index in [2.05, 4.69) is 4.99 Å². The fourth-order valence-corrected chi connectivity index (χ4v) is 3.14. The molecule has 8 heteroatoms. The first-order valence-electron chi connectivity index (χ1n) is 8.86. The van der Waals surface area contributed by atoms with E-state index >= 15 is 0 Å². The van der Waals surface area contributed by atoms with Gasteiger partial charge in [-0.3, -0.25) is 4.99 Å². The standard InChI is InChI=1S/C22H18N2O6/c1-12-7-17(11-23-18-5-3-14(4-6-18)20(25)26)13(2)24(12)19-9-15(21(27)28)8-16(10-19)22(29)30/h3-11H,1-2H3,(H,25,26)(H,27,28)(H,29,30). The van der Waals surface area contributed by atoms with Crippen LogP contribution in [0.4, 0.5) is 5.69 Å². The summed E-state index contributed by atoms with van der Waals surface area (Å²) in [6.45, 7) is 3.63. The third-order valence-corrected chi connectivity index (χ3v) is 4.61. The van der Waals surface area contributed by atoms with Gasteiger partial charge in [-0.25, -0.2) is 14.4 Å². The molecule has 1 heterocycles. The summed E-state index contributed by atoms with van der Waals surface area (Å²) in [6, 6.07) is 11.9. The number of hydrogen-bond acceptors (Lipinski definition) is 4. The van der Waals surface area contributed by atoms with Gasteiger partial charge in [-0.2, -0.15) is 0 Å². The summed E-state index contributed by atoms with van der Waals surface area (Å²) in [5.41, 5.74) is 3.20. The highest BCUT2D eigenvalue weighted by Crippen LogP contribution is 2.23. The molecule has 0 radical (unpaired) electrons. The molecule has 0 spiro atoms. The third kappa shape index (κ3) is 4.12. The Hall–Kier alpha value is -4.20. The average molecular weight is 406 g/mol. The minimum absolute atomic E-state index is 0.119. The number of aryl methyl sites for hydroxylation is 1. The van der Waals surface area contributed by atoms with Crippen molar-refractivity contribution in [2.45, 2.75) is 13.8 Å². The Labute approximate surface area is 171 Å². The van der Waals surface area contributed by atoms with E-state index in [4.69, 9.17) is 5.11 Å². The van der Waals surface area contributed by atoms with Crippen LogP contribution in [-0.4, -0.2) is 44.0 Å². The molecule has 0 aliphatic heterocycles. The Bertz CT molecular complexity index is 1160. The number of aliphatic imine (C=N–C) groups is 1. The van der Waals surface area contributed by atoms with Crippen molar-refractivity contribution in [2.24, 2.45) is 4.99 Å². The number of carbonyl (C=O) groups is 3. The normalized spacial score (nSPS) is 11.0. The van der Waals surface area contributed by atoms with Crippen LogP contribution in [0, 0.1) is 13.8 Å². The van der Waals surface area contributed by atoms with Gasteiger partial charge in [0, 0.05) is 28.9 Å². The second kappa shape index (κ2) is 8.04. The first-order chi connectivity index (χ1) is 14.2. The number of rotatable bonds is 6. The summed E-state index contributed by atoms with van der Waals surface area (Å²) in [4.78, 5) is 38.1. The predicted octanol–water partition coefficient (Wildman–Crippen LogP) is 3.94. The zero-order chi connectivity index (χ0) is 22.0. The second-order valence-electron chi connectivity index (χ2n) is 6.65. The Kier molecular flexibility index (Phi) is 5.50. The molecular weight excluding hydrogens is 388 g/mol. The molecular formula is C22H18N2O6. The predicted molar refractivity (Wildman–Crippen MR) is 110 cm³/mol. The molecule has 30 heavy (non-hydrogen) atoms. The topological polar surface area (TPSA) is 129 Å². The molecule has 0 atom stereocenters. The fraction of sp³-hybridized carbons (Fsp3) is 0.0909.